The van der Waals surface area contributed by atoms with Crippen molar-refractivity contribution in [3.05, 3.63) is 35.5 Å². The third-order valence-corrected chi connectivity index (χ3v) is 7.46. The van der Waals surface area contributed by atoms with Crippen molar-refractivity contribution in [3.63, 3.8) is 0 Å². The molecule has 0 amide bonds. The minimum absolute atomic E-state index is 0.169. The number of para-hydroxylation sites is 1. The van der Waals surface area contributed by atoms with Gasteiger partial charge in [-0.05, 0) is 44.4 Å². The predicted molar refractivity (Wildman–Crippen MR) is 98.5 cm³/mol. The molecule has 6 atom stereocenters. The highest BCUT2D eigenvalue weighted by atomic mass is 16.5. The summed E-state index contributed by atoms with van der Waals surface area (Å²) in [6, 6.07) is 9.79. The quantitative estimate of drug-likeness (QED) is 0.867. The van der Waals surface area contributed by atoms with Gasteiger partial charge in [0.1, 0.15) is 0 Å². The van der Waals surface area contributed by atoms with E-state index in [1.54, 1.807) is 5.56 Å². The Morgan fingerprint density at radius 3 is 2.80 bits per heavy atom. The minimum atomic E-state index is 0.169. The van der Waals surface area contributed by atoms with E-state index in [-0.39, 0.29) is 18.6 Å². The van der Waals surface area contributed by atoms with E-state index in [0.29, 0.717) is 23.9 Å². The second kappa shape index (κ2) is 5.57. The Labute approximate surface area is 149 Å². The topological polar surface area (TPSA) is 37.6 Å². The van der Waals surface area contributed by atoms with Crippen molar-refractivity contribution in [2.75, 3.05) is 20.3 Å². The molecular formula is C21H28N2O2. The van der Waals surface area contributed by atoms with Crippen molar-refractivity contribution in [1.82, 2.24) is 9.47 Å². The zero-order chi connectivity index (χ0) is 17.3. The van der Waals surface area contributed by atoms with Crippen molar-refractivity contribution >= 4 is 10.9 Å². The van der Waals surface area contributed by atoms with Crippen LogP contribution in [-0.2, 0) is 18.2 Å². The predicted octanol–water partition coefficient (Wildman–Crippen LogP) is 2.74. The standard InChI is InChI=1S/C21H28N2O2/c1-12-16(10-24)14-8-20-21-15(9-19(22(20)2)17(14)11-25-12)13-6-4-5-7-18(13)23(21)3/h4-7,12,14,16-17,19-20,24H,8-11H2,1-3H3/t12?,14-,16?,17+,19-,20?/m0/s1. The molecule has 0 aliphatic carbocycles. The first-order valence-corrected chi connectivity index (χ1v) is 9.62. The Hall–Kier alpha value is -1.36. The second-order valence-corrected chi connectivity index (χ2v) is 8.34. The molecule has 0 radical (unpaired) electrons. The maximum absolute atomic E-state index is 9.99. The number of rotatable bonds is 1. The number of likely N-dealkylation sites (N-methyl/N-ethyl adjacent to an activating group) is 1. The van der Waals surface area contributed by atoms with Crippen molar-refractivity contribution in [1.29, 1.82) is 0 Å². The summed E-state index contributed by atoms with van der Waals surface area (Å²) >= 11 is 0. The average Bonchev–Trinajstić information content (AvgIpc) is 2.88. The number of nitrogens with zero attached hydrogens (tertiary/aromatic N) is 2. The maximum atomic E-state index is 9.99. The summed E-state index contributed by atoms with van der Waals surface area (Å²) in [4.78, 5) is 2.59. The van der Waals surface area contributed by atoms with Gasteiger partial charge >= 0.3 is 0 Å². The summed E-state index contributed by atoms with van der Waals surface area (Å²) < 4.78 is 8.50. The number of ether oxygens (including phenoxy) is 1. The highest BCUT2D eigenvalue weighted by Crippen LogP contribution is 2.52. The Morgan fingerprint density at radius 2 is 2.00 bits per heavy atom. The number of hydrogen-bond acceptors (Lipinski definition) is 3. The molecule has 5 rings (SSSR count). The Kier molecular flexibility index (Phi) is 3.53. The molecule has 2 aromatic rings. The molecule has 1 N–H and O–H groups in total. The van der Waals surface area contributed by atoms with Crippen molar-refractivity contribution in [2.24, 2.45) is 24.8 Å². The third kappa shape index (κ3) is 2.05. The Balaban J connectivity index is 1.65. The van der Waals surface area contributed by atoms with Crippen LogP contribution in [-0.4, -0.2) is 47.0 Å². The first-order valence-electron chi connectivity index (χ1n) is 9.62. The van der Waals surface area contributed by atoms with Gasteiger partial charge in [0.25, 0.3) is 0 Å². The van der Waals surface area contributed by atoms with E-state index in [1.165, 1.54) is 16.6 Å². The van der Waals surface area contributed by atoms with E-state index < -0.39 is 0 Å². The molecule has 0 saturated carbocycles. The largest absolute Gasteiger partial charge is 0.396 e. The Bertz CT molecular complexity index is 814. The molecule has 1 aromatic carbocycles. The van der Waals surface area contributed by atoms with Gasteiger partial charge in [0.2, 0.25) is 0 Å². The molecule has 3 aliphatic rings. The minimum Gasteiger partial charge on any atom is -0.396 e. The second-order valence-electron chi connectivity index (χ2n) is 8.34. The summed E-state index contributed by atoms with van der Waals surface area (Å²) in [5, 5.41) is 11.4. The van der Waals surface area contributed by atoms with Crippen LogP contribution in [0.25, 0.3) is 10.9 Å². The summed E-state index contributed by atoms with van der Waals surface area (Å²) in [7, 11) is 4.51. The van der Waals surface area contributed by atoms with Gasteiger partial charge in [-0.1, -0.05) is 18.2 Å². The highest BCUT2D eigenvalue weighted by Gasteiger charge is 2.51. The summed E-state index contributed by atoms with van der Waals surface area (Å²) in [6.07, 6.45) is 2.40. The van der Waals surface area contributed by atoms with Crippen LogP contribution in [0, 0.1) is 17.8 Å². The molecule has 0 spiro atoms. The average molecular weight is 340 g/mol. The fourth-order valence-electron chi connectivity index (χ4n) is 6.10. The van der Waals surface area contributed by atoms with Gasteiger partial charge in [-0.3, -0.25) is 4.90 Å². The summed E-state index contributed by atoms with van der Waals surface area (Å²) in [5.41, 5.74) is 4.39. The van der Waals surface area contributed by atoms with E-state index >= 15 is 0 Å². The number of piperidine rings is 1. The van der Waals surface area contributed by atoms with Crippen LogP contribution >= 0.6 is 0 Å². The van der Waals surface area contributed by atoms with E-state index in [2.05, 4.69) is 54.8 Å². The molecule has 4 heterocycles. The SMILES string of the molecule is CC1OC[C@@H]2[C@@H](CC3c4c(c5ccccc5n4C)C[C@@H]2N3C)C1CO. The monoisotopic (exact) mass is 340 g/mol. The van der Waals surface area contributed by atoms with E-state index in [9.17, 15) is 5.11 Å². The molecule has 3 unspecified atom stereocenters. The molecule has 2 bridgehead atoms. The van der Waals surface area contributed by atoms with Gasteiger partial charge in [-0.25, -0.2) is 0 Å². The number of fused-ring (bicyclic) bond motifs is 8. The van der Waals surface area contributed by atoms with Crippen molar-refractivity contribution in [2.45, 2.75) is 38.0 Å². The highest BCUT2D eigenvalue weighted by molar-refractivity contribution is 5.86. The number of aliphatic hydroxyl groups excluding tert-OH is 1. The molecule has 3 aliphatic heterocycles. The lowest BCUT2D eigenvalue weighted by atomic mass is 9.64. The smallest absolute Gasteiger partial charge is 0.0600 e. The lowest BCUT2D eigenvalue weighted by molar-refractivity contribution is -0.150. The van der Waals surface area contributed by atoms with Gasteiger partial charge in [0.05, 0.1) is 18.8 Å². The van der Waals surface area contributed by atoms with Gasteiger partial charge < -0.3 is 14.4 Å². The van der Waals surface area contributed by atoms with Gasteiger partial charge in [-0.2, -0.15) is 0 Å². The van der Waals surface area contributed by atoms with Crippen LogP contribution < -0.4 is 0 Å². The lowest BCUT2D eigenvalue weighted by Crippen LogP contribution is -2.59. The van der Waals surface area contributed by atoms with Crippen LogP contribution in [0.2, 0.25) is 0 Å². The van der Waals surface area contributed by atoms with Gasteiger partial charge in [0.15, 0.2) is 0 Å². The first kappa shape index (κ1) is 15.9. The zero-order valence-electron chi connectivity index (χ0n) is 15.4. The number of benzene rings is 1. The fraction of sp³-hybridized carbons (Fsp3) is 0.619. The third-order valence-electron chi connectivity index (χ3n) is 7.46. The maximum Gasteiger partial charge on any atom is 0.0600 e. The van der Waals surface area contributed by atoms with Gasteiger partial charge in [0, 0.05) is 48.1 Å². The molecule has 1 aromatic heterocycles. The first-order chi connectivity index (χ1) is 12.1. The van der Waals surface area contributed by atoms with Crippen LogP contribution in [0.3, 0.4) is 0 Å². The summed E-state index contributed by atoms with van der Waals surface area (Å²) in [6.45, 7) is 3.21. The molecule has 4 heteroatoms. The van der Waals surface area contributed by atoms with E-state index in [4.69, 9.17) is 4.74 Å². The number of hydrogen-bond donors (Lipinski definition) is 1. The lowest BCUT2D eigenvalue weighted by Gasteiger charge is -2.56. The van der Waals surface area contributed by atoms with Crippen LogP contribution in [0.5, 0.6) is 0 Å². The number of aryl methyl sites for hydroxylation is 1. The van der Waals surface area contributed by atoms with Crippen molar-refractivity contribution in [3.8, 4) is 0 Å². The molecule has 2 fully saturated rings. The van der Waals surface area contributed by atoms with Crippen LogP contribution in [0.15, 0.2) is 24.3 Å². The Morgan fingerprint density at radius 1 is 1.20 bits per heavy atom. The van der Waals surface area contributed by atoms with Gasteiger partial charge in [-0.15, -0.1) is 0 Å². The van der Waals surface area contributed by atoms with Crippen LogP contribution in [0.4, 0.5) is 0 Å². The fourth-order valence-corrected chi connectivity index (χ4v) is 6.10. The number of aromatic nitrogens is 1. The van der Waals surface area contributed by atoms with E-state index in [1.807, 2.05) is 0 Å². The van der Waals surface area contributed by atoms with E-state index in [0.717, 1.165) is 19.4 Å². The zero-order valence-corrected chi connectivity index (χ0v) is 15.4. The molecule has 4 nitrogen and oxygen atoms in total. The molecule has 134 valence electrons. The molecule has 2 saturated heterocycles. The normalized spacial score (nSPS) is 37.8. The summed E-state index contributed by atoms with van der Waals surface area (Å²) in [5.74, 6) is 1.36. The van der Waals surface area contributed by atoms with Crippen molar-refractivity contribution < 1.29 is 9.84 Å². The molecule has 25 heavy (non-hydrogen) atoms. The van der Waals surface area contributed by atoms with Crippen LogP contribution in [0.1, 0.15) is 30.6 Å². The number of aliphatic hydroxyl groups is 1. The molecular weight excluding hydrogens is 312 g/mol.